The summed E-state index contributed by atoms with van der Waals surface area (Å²) in [6.07, 6.45) is 18.8. The number of ether oxygens (including phenoxy) is 1. The monoisotopic (exact) mass is 411 g/mol. The molecular weight excluding hydrogens is 371 g/mol. The molecule has 1 atom stereocenters. The van der Waals surface area contributed by atoms with Crippen molar-refractivity contribution in [3.8, 4) is 5.75 Å². The molecule has 0 bridgehead atoms. The fourth-order valence-corrected chi connectivity index (χ4v) is 3.62. The second kappa shape index (κ2) is 18.1. The summed E-state index contributed by atoms with van der Waals surface area (Å²) in [5, 5.41) is 0. The molecule has 0 amide bonds. The van der Waals surface area contributed by atoms with E-state index in [-0.39, 0.29) is 6.61 Å². The van der Waals surface area contributed by atoms with E-state index >= 15 is 0 Å². The summed E-state index contributed by atoms with van der Waals surface area (Å²) in [6.45, 7) is 3.05. The number of benzene rings is 1. The summed E-state index contributed by atoms with van der Waals surface area (Å²) < 4.78 is 21.3. The van der Waals surface area contributed by atoms with Crippen LogP contribution in [0.5, 0.6) is 5.75 Å². The van der Waals surface area contributed by atoms with E-state index in [4.69, 9.17) is 14.2 Å². The Labute approximate surface area is 173 Å². The van der Waals surface area contributed by atoms with Gasteiger partial charge < -0.3 is 4.74 Å². The van der Waals surface area contributed by atoms with Gasteiger partial charge in [-0.25, -0.2) is 0 Å². The first-order valence-corrected chi connectivity index (χ1v) is 12.4. The lowest BCUT2D eigenvalue weighted by Gasteiger charge is -2.09. The molecule has 5 heteroatoms. The summed E-state index contributed by atoms with van der Waals surface area (Å²) in [5.74, 6) is 0.744. The topological polar surface area (TPSA) is 55.8 Å². The third-order valence-electron chi connectivity index (χ3n) is 5.06. The van der Waals surface area contributed by atoms with Gasteiger partial charge in [0, 0.05) is 10.1 Å². The number of unbranched alkanes of at least 4 members (excludes halogenated alkanes) is 13. The third kappa shape index (κ3) is 14.1. The van der Waals surface area contributed by atoms with Crippen LogP contribution in [0, 0.1) is 0 Å². The Morgan fingerprint density at radius 2 is 1.29 bits per heavy atom. The van der Waals surface area contributed by atoms with Crippen molar-refractivity contribution in [3.63, 3.8) is 0 Å². The van der Waals surface area contributed by atoms with Crippen LogP contribution in [-0.2, 0) is 15.7 Å². The molecule has 0 saturated carbocycles. The average molecular weight is 412 g/mol. The van der Waals surface area contributed by atoms with Crippen molar-refractivity contribution in [2.45, 2.75) is 103 Å². The lowest BCUT2D eigenvalue weighted by Crippen LogP contribution is -2.00. The van der Waals surface area contributed by atoms with Gasteiger partial charge in [0.2, 0.25) is 0 Å². The van der Waals surface area contributed by atoms with Crippen molar-refractivity contribution in [2.75, 3.05) is 6.61 Å². The van der Waals surface area contributed by atoms with Gasteiger partial charge in [-0.15, -0.1) is 9.42 Å². The maximum absolute atomic E-state index is 10.7. The summed E-state index contributed by atoms with van der Waals surface area (Å²) >= 11 is 0. The molecule has 1 rings (SSSR count). The highest BCUT2D eigenvalue weighted by atomic mass is 31.1. The number of hydrogen-bond acceptors (Lipinski definition) is 3. The zero-order valence-electron chi connectivity index (χ0n) is 17.7. The molecule has 0 fully saturated rings. The number of para-hydroxylation sites is 1. The Bertz CT molecular complexity index is 507. The highest BCUT2D eigenvalue weighted by Crippen LogP contribution is 2.24. The predicted molar refractivity (Wildman–Crippen MR) is 117 cm³/mol. The van der Waals surface area contributed by atoms with Crippen LogP contribution in [0.3, 0.4) is 0 Å². The summed E-state index contributed by atoms with van der Waals surface area (Å²) in [4.78, 5) is 8.77. The van der Waals surface area contributed by atoms with Crippen LogP contribution in [0.2, 0.25) is 0 Å². The van der Waals surface area contributed by atoms with Crippen molar-refractivity contribution in [2.24, 2.45) is 0 Å². The highest BCUT2D eigenvalue weighted by molar-refractivity contribution is 7.32. The SMILES string of the molecule is CCCCCCCCCCCCCCCCOc1ccccc1CO[P+](=O)O. The first-order valence-electron chi connectivity index (χ1n) is 11.2. The third-order valence-corrected chi connectivity index (χ3v) is 5.41. The zero-order valence-corrected chi connectivity index (χ0v) is 18.6. The second-order valence-electron chi connectivity index (χ2n) is 7.56. The van der Waals surface area contributed by atoms with Gasteiger partial charge in [0.1, 0.15) is 12.4 Å². The molecule has 0 aliphatic carbocycles. The van der Waals surface area contributed by atoms with E-state index in [9.17, 15) is 4.57 Å². The quantitative estimate of drug-likeness (QED) is 0.187. The molecule has 0 radical (unpaired) electrons. The first kappa shape index (κ1) is 25.1. The van der Waals surface area contributed by atoms with Crippen molar-refractivity contribution in [1.82, 2.24) is 0 Å². The summed E-state index contributed by atoms with van der Waals surface area (Å²) in [6, 6.07) is 7.53. The smallest absolute Gasteiger partial charge is 0.493 e. The van der Waals surface area contributed by atoms with Gasteiger partial charge >= 0.3 is 8.25 Å². The molecule has 0 spiro atoms. The lowest BCUT2D eigenvalue weighted by atomic mass is 10.0. The maximum atomic E-state index is 10.7. The minimum Gasteiger partial charge on any atom is -0.493 e. The van der Waals surface area contributed by atoms with Gasteiger partial charge in [-0.05, 0) is 12.5 Å². The number of hydrogen-bond donors (Lipinski definition) is 1. The maximum Gasteiger partial charge on any atom is 0.695 e. The Morgan fingerprint density at radius 3 is 1.82 bits per heavy atom. The van der Waals surface area contributed by atoms with Crippen molar-refractivity contribution in [3.05, 3.63) is 29.8 Å². The molecule has 1 aromatic rings. The van der Waals surface area contributed by atoms with Crippen LogP contribution in [0.25, 0.3) is 0 Å². The van der Waals surface area contributed by atoms with E-state index in [1.807, 2.05) is 24.3 Å². The van der Waals surface area contributed by atoms with Crippen molar-refractivity contribution >= 4 is 8.25 Å². The molecular formula is C23H40O4P+. The van der Waals surface area contributed by atoms with Crippen LogP contribution in [0.4, 0.5) is 0 Å². The van der Waals surface area contributed by atoms with Crippen LogP contribution < -0.4 is 4.74 Å². The Kier molecular flexibility index (Phi) is 16.2. The predicted octanol–water partition coefficient (Wildman–Crippen LogP) is 7.71. The van der Waals surface area contributed by atoms with Gasteiger partial charge in [0.05, 0.1) is 6.61 Å². The zero-order chi connectivity index (χ0) is 20.3. The van der Waals surface area contributed by atoms with Gasteiger partial charge in [0.15, 0.2) is 0 Å². The van der Waals surface area contributed by atoms with E-state index in [1.54, 1.807) is 0 Å². The molecule has 0 saturated heterocycles. The molecule has 4 nitrogen and oxygen atoms in total. The molecule has 0 aliphatic rings. The molecule has 1 unspecified atom stereocenters. The Morgan fingerprint density at radius 1 is 0.786 bits per heavy atom. The molecule has 1 aromatic carbocycles. The minimum atomic E-state index is -2.58. The lowest BCUT2D eigenvalue weighted by molar-refractivity contribution is 0.257. The highest BCUT2D eigenvalue weighted by Gasteiger charge is 2.14. The summed E-state index contributed by atoms with van der Waals surface area (Å²) in [5.41, 5.74) is 0.810. The van der Waals surface area contributed by atoms with E-state index in [0.29, 0.717) is 6.61 Å². The Balaban J connectivity index is 1.92. The fourth-order valence-electron chi connectivity index (χ4n) is 3.37. The molecule has 0 heterocycles. The van der Waals surface area contributed by atoms with Crippen LogP contribution in [0.15, 0.2) is 24.3 Å². The van der Waals surface area contributed by atoms with E-state index in [0.717, 1.165) is 17.7 Å². The first-order chi connectivity index (χ1) is 13.7. The molecule has 1 N–H and O–H groups in total. The Hall–Kier alpha value is -0.960. The fraction of sp³-hybridized carbons (Fsp3) is 0.739. The normalized spacial score (nSPS) is 11.6. The standard InChI is InChI=1S/C23H39O4P/c1-2-3-4-5-6-7-8-9-10-11-12-13-14-17-20-26-23-19-16-15-18-22(23)21-27-28(24)25/h15-16,18-19H,2-14,17,20-21H2,1H3/p+1. The van der Waals surface area contributed by atoms with E-state index in [1.165, 1.54) is 83.5 Å². The van der Waals surface area contributed by atoms with Crippen LogP contribution >= 0.6 is 8.25 Å². The molecule has 160 valence electrons. The van der Waals surface area contributed by atoms with Crippen molar-refractivity contribution in [1.29, 1.82) is 0 Å². The molecule has 0 aromatic heterocycles. The van der Waals surface area contributed by atoms with Gasteiger partial charge in [-0.2, -0.15) is 0 Å². The van der Waals surface area contributed by atoms with Crippen LogP contribution in [-0.4, -0.2) is 11.5 Å². The van der Waals surface area contributed by atoms with E-state index < -0.39 is 8.25 Å². The largest absolute Gasteiger partial charge is 0.695 e. The van der Waals surface area contributed by atoms with Gasteiger partial charge in [-0.1, -0.05) is 109 Å². The minimum absolute atomic E-state index is 0.0978. The molecule has 28 heavy (non-hydrogen) atoms. The second-order valence-corrected chi connectivity index (χ2v) is 8.30. The van der Waals surface area contributed by atoms with Gasteiger partial charge in [-0.3, -0.25) is 0 Å². The van der Waals surface area contributed by atoms with Gasteiger partial charge in [0.25, 0.3) is 0 Å². The average Bonchev–Trinajstić information content (AvgIpc) is 2.70. The van der Waals surface area contributed by atoms with Crippen LogP contribution in [0.1, 0.15) is 102 Å². The van der Waals surface area contributed by atoms with Crippen molar-refractivity contribution < 1.29 is 18.7 Å². The summed E-state index contributed by atoms with van der Waals surface area (Å²) in [7, 11) is -2.58. The molecule has 0 aliphatic heterocycles. The number of rotatable bonds is 19. The van der Waals surface area contributed by atoms with E-state index in [2.05, 4.69) is 6.92 Å².